The Labute approximate surface area is 498 Å². The Hall–Kier alpha value is -1.25. The Bertz CT molecular complexity index is 1350. The Morgan fingerprint density at radius 1 is 0.375 bits per heavy atom. The van der Waals surface area contributed by atoms with Gasteiger partial charge in [-0.3, -0.25) is 18.6 Å². The standard InChI is InChI=1S/C70H138NO8P/c1-6-8-10-12-14-16-18-20-22-23-24-25-26-27-28-29-30-31-32-33-34-35-36-37-38-39-40-41-42-43-44-45-46-47-49-51-53-55-57-59-61-63-70(73)79-68(67-78-80(74,75)77-65-64-71(3,4)5)66-76-69(72)62-60-58-56-54-52-50-48-21-19-17-15-13-11-9-7-2/h23-24,68H,6-22,25-67H2,1-5H3/p+1/b24-23-. The number of phosphoric acid groups is 1. The Kier molecular flexibility index (Phi) is 61.3. The summed E-state index contributed by atoms with van der Waals surface area (Å²) in [6.07, 6.45) is 76.4. The Balaban J connectivity index is 3.81. The number of hydrogen-bond acceptors (Lipinski definition) is 7. The number of allylic oxidation sites excluding steroid dienone is 2. The second-order valence-electron chi connectivity index (χ2n) is 25.6. The molecule has 476 valence electrons. The monoisotopic (exact) mass is 1150 g/mol. The fraction of sp³-hybridized carbons (Fsp3) is 0.943. The first kappa shape index (κ1) is 78.8. The van der Waals surface area contributed by atoms with Gasteiger partial charge in [-0.15, -0.1) is 0 Å². The fourth-order valence-corrected chi connectivity index (χ4v) is 11.6. The number of carbonyl (C=O) groups is 2. The average Bonchev–Trinajstić information content (AvgIpc) is 3.42. The van der Waals surface area contributed by atoms with Crippen molar-refractivity contribution < 1.29 is 42.1 Å². The summed E-state index contributed by atoms with van der Waals surface area (Å²) in [4.78, 5) is 35.7. The summed E-state index contributed by atoms with van der Waals surface area (Å²) >= 11 is 0. The van der Waals surface area contributed by atoms with Gasteiger partial charge < -0.3 is 18.9 Å². The van der Waals surface area contributed by atoms with E-state index in [-0.39, 0.29) is 25.6 Å². The minimum Gasteiger partial charge on any atom is -0.462 e. The first-order valence-corrected chi connectivity index (χ1v) is 36.9. The highest BCUT2D eigenvalue weighted by atomic mass is 31.2. The highest BCUT2D eigenvalue weighted by molar-refractivity contribution is 7.47. The summed E-state index contributed by atoms with van der Waals surface area (Å²) in [6.45, 7) is 4.50. The molecule has 0 aromatic rings. The summed E-state index contributed by atoms with van der Waals surface area (Å²) in [5.74, 6) is -0.773. The molecule has 0 aromatic heterocycles. The van der Waals surface area contributed by atoms with Crippen molar-refractivity contribution in [1.82, 2.24) is 0 Å². The number of nitrogens with zero attached hydrogens (tertiary/aromatic N) is 1. The Morgan fingerprint density at radius 3 is 0.925 bits per heavy atom. The minimum absolute atomic E-state index is 0.0369. The van der Waals surface area contributed by atoms with E-state index < -0.39 is 26.5 Å². The summed E-state index contributed by atoms with van der Waals surface area (Å²) < 4.78 is 34.6. The highest BCUT2D eigenvalue weighted by Gasteiger charge is 2.27. The van der Waals surface area contributed by atoms with Crippen molar-refractivity contribution in [1.29, 1.82) is 0 Å². The van der Waals surface area contributed by atoms with Crippen LogP contribution in [0.1, 0.15) is 373 Å². The van der Waals surface area contributed by atoms with Crippen LogP contribution in [0, 0.1) is 0 Å². The van der Waals surface area contributed by atoms with Gasteiger partial charge in [-0.25, -0.2) is 4.57 Å². The first-order chi connectivity index (χ1) is 39.0. The number of esters is 2. The van der Waals surface area contributed by atoms with Crippen LogP contribution in [0.15, 0.2) is 12.2 Å². The van der Waals surface area contributed by atoms with Crippen LogP contribution in [0.4, 0.5) is 0 Å². The van der Waals surface area contributed by atoms with E-state index in [9.17, 15) is 19.0 Å². The molecule has 0 amide bonds. The third-order valence-corrected chi connectivity index (χ3v) is 17.3. The second kappa shape index (κ2) is 62.3. The lowest BCUT2D eigenvalue weighted by molar-refractivity contribution is -0.870. The van der Waals surface area contributed by atoms with Crippen molar-refractivity contribution in [2.24, 2.45) is 0 Å². The zero-order valence-corrected chi connectivity index (χ0v) is 55.3. The van der Waals surface area contributed by atoms with E-state index in [2.05, 4.69) is 26.0 Å². The van der Waals surface area contributed by atoms with Gasteiger partial charge in [-0.1, -0.05) is 334 Å². The number of carbonyl (C=O) groups excluding carboxylic acids is 2. The molecule has 9 nitrogen and oxygen atoms in total. The molecule has 0 aliphatic carbocycles. The molecule has 2 unspecified atom stereocenters. The van der Waals surface area contributed by atoms with E-state index in [1.165, 1.54) is 308 Å². The SMILES string of the molecule is CCCCCCCCCC/C=C\CCCCCCCCCCCCCCCCCCCCCCCCCCCCCCCC(=O)OC(COC(=O)CCCCCCCCCCCCCCCCC)COP(=O)(O)OCC[N+](C)(C)C. The van der Waals surface area contributed by atoms with E-state index in [0.717, 1.165) is 38.5 Å². The lowest BCUT2D eigenvalue weighted by Gasteiger charge is -2.24. The Morgan fingerprint density at radius 2 is 0.637 bits per heavy atom. The molecule has 0 heterocycles. The van der Waals surface area contributed by atoms with E-state index in [0.29, 0.717) is 17.4 Å². The first-order valence-electron chi connectivity index (χ1n) is 35.4. The van der Waals surface area contributed by atoms with E-state index in [1.807, 2.05) is 21.1 Å². The van der Waals surface area contributed by atoms with Crippen LogP contribution in [0.25, 0.3) is 0 Å². The molecule has 10 heteroatoms. The molecular formula is C70H139NO8P+. The zero-order chi connectivity index (χ0) is 58.4. The van der Waals surface area contributed by atoms with Gasteiger partial charge in [0.05, 0.1) is 27.7 Å². The molecule has 0 aromatic carbocycles. The summed E-state index contributed by atoms with van der Waals surface area (Å²) in [5, 5.41) is 0. The number of phosphoric ester groups is 1. The normalized spacial score (nSPS) is 13.1. The topological polar surface area (TPSA) is 108 Å². The number of quaternary nitrogens is 1. The van der Waals surface area contributed by atoms with E-state index in [4.69, 9.17) is 18.5 Å². The van der Waals surface area contributed by atoms with Crippen LogP contribution < -0.4 is 0 Å². The number of likely N-dealkylation sites (N-methyl/N-ethyl adjacent to an activating group) is 1. The van der Waals surface area contributed by atoms with Gasteiger partial charge >= 0.3 is 19.8 Å². The molecule has 0 aliphatic heterocycles. The fourth-order valence-electron chi connectivity index (χ4n) is 10.8. The molecule has 0 saturated carbocycles. The maximum Gasteiger partial charge on any atom is 0.472 e. The van der Waals surface area contributed by atoms with Gasteiger partial charge in [0.15, 0.2) is 6.10 Å². The molecule has 0 saturated heterocycles. The quantitative estimate of drug-likeness (QED) is 0.0211. The van der Waals surface area contributed by atoms with Crippen molar-refractivity contribution in [3.63, 3.8) is 0 Å². The predicted molar refractivity (Wildman–Crippen MR) is 345 cm³/mol. The highest BCUT2D eigenvalue weighted by Crippen LogP contribution is 2.43. The molecule has 80 heavy (non-hydrogen) atoms. The summed E-state index contributed by atoms with van der Waals surface area (Å²) in [6, 6.07) is 0. The molecule has 1 N–H and O–H groups in total. The summed E-state index contributed by atoms with van der Waals surface area (Å²) in [7, 11) is 1.50. The van der Waals surface area contributed by atoms with Crippen LogP contribution in [-0.2, 0) is 32.7 Å². The van der Waals surface area contributed by atoms with Crippen molar-refractivity contribution in [2.45, 2.75) is 380 Å². The molecule has 0 fully saturated rings. The largest absolute Gasteiger partial charge is 0.472 e. The lowest BCUT2D eigenvalue weighted by atomic mass is 10.0. The average molecular weight is 1150 g/mol. The van der Waals surface area contributed by atoms with Crippen LogP contribution in [0.3, 0.4) is 0 Å². The maximum absolute atomic E-state index is 12.8. The number of hydrogen-bond donors (Lipinski definition) is 1. The van der Waals surface area contributed by atoms with Crippen LogP contribution in [-0.4, -0.2) is 74.9 Å². The van der Waals surface area contributed by atoms with E-state index >= 15 is 0 Å². The van der Waals surface area contributed by atoms with Gasteiger partial charge in [-0.2, -0.15) is 0 Å². The molecule has 0 aliphatic rings. The van der Waals surface area contributed by atoms with E-state index in [1.54, 1.807) is 0 Å². The van der Waals surface area contributed by atoms with Gasteiger partial charge in [0.2, 0.25) is 0 Å². The number of ether oxygens (including phenoxy) is 2. The summed E-state index contributed by atoms with van der Waals surface area (Å²) in [5.41, 5.74) is 0. The van der Waals surface area contributed by atoms with Crippen LogP contribution in [0.5, 0.6) is 0 Å². The van der Waals surface area contributed by atoms with Crippen molar-refractivity contribution >= 4 is 19.8 Å². The number of rotatable bonds is 67. The van der Waals surface area contributed by atoms with Crippen LogP contribution >= 0.6 is 7.82 Å². The minimum atomic E-state index is -4.38. The maximum atomic E-state index is 12.8. The molecule has 2 atom stereocenters. The number of unbranched alkanes of at least 4 members (excludes halogenated alkanes) is 51. The molecule has 0 radical (unpaired) electrons. The van der Waals surface area contributed by atoms with Gasteiger partial charge in [0, 0.05) is 12.8 Å². The third kappa shape index (κ3) is 65.9. The van der Waals surface area contributed by atoms with Crippen molar-refractivity contribution in [3.05, 3.63) is 12.2 Å². The molecular weight excluding hydrogens is 1010 g/mol. The molecule has 0 bridgehead atoms. The zero-order valence-electron chi connectivity index (χ0n) is 54.4. The molecule has 0 rings (SSSR count). The van der Waals surface area contributed by atoms with Crippen LogP contribution in [0.2, 0.25) is 0 Å². The van der Waals surface area contributed by atoms with Crippen molar-refractivity contribution in [3.8, 4) is 0 Å². The molecule has 0 spiro atoms. The van der Waals surface area contributed by atoms with Gasteiger partial charge in [0.1, 0.15) is 19.8 Å². The lowest BCUT2D eigenvalue weighted by Crippen LogP contribution is -2.37. The predicted octanol–water partition coefficient (Wildman–Crippen LogP) is 22.7. The smallest absolute Gasteiger partial charge is 0.462 e. The third-order valence-electron chi connectivity index (χ3n) is 16.3. The van der Waals surface area contributed by atoms with Gasteiger partial charge in [0.25, 0.3) is 0 Å². The van der Waals surface area contributed by atoms with Gasteiger partial charge in [-0.05, 0) is 38.5 Å². The van der Waals surface area contributed by atoms with Crippen molar-refractivity contribution in [2.75, 3.05) is 47.5 Å². The second-order valence-corrected chi connectivity index (χ2v) is 27.1.